The molecule has 4 unspecified atom stereocenters. The lowest BCUT2D eigenvalue weighted by atomic mass is 10.0. The highest BCUT2D eigenvalue weighted by molar-refractivity contribution is 7.97. The van der Waals surface area contributed by atoms with E-state index in [1.807, 2.05) is 0 Å². The Kier molecular flexibility index (Phi) is 2.90. The molecule has 4 atom stereocenters. The van der Waals surface area contributed by atoms with Gasteiger partial charge in [0, 0.05) is 18.3 Å². The Morgan fingerprint density at radius 1 is 1.06 bits per heavy atom. The summed E-state index contributed by atoms with van der Waals surface area (Å²) in [7, 11) is 0. The van der Waals surface area contributed by atoms with E-state index in [2.05, 4.69) is 21.6 Å². The third kappa shape index (κ3) is 2.15. The van der Waals surface area contributed by atoms with Crippen molar-refractivity contribution in [3.8, 4) is 0 Å². The van der Waals surface area contributed by atoms with Crippen molar-refractivity contribution in [3.63, 3.8) is 0 Å². The molecule has 0 spiro atoms. The van der Waals surface area contributed by atoms with E-state index in [1.165, 1.54) is 57.5 Å². The average molecular weight is 252 g/mol. The van der Waals surface area contributed by atoms with Gasteiger partial charge in [0.25, 0.3) is 0 Å². The summed E-state index contributed by atoms with van der Waals surface area (Å²) < 4.78 is 2.74. The van der Waals surface area contributed by atoms with Crippen molar-refractivity contribution in [2.75, 3.05) is 25.4 Å². The van der Waals surface area contributed by atoms with E-state index in [0.717, 1.165) is 29.7 Å². The highest BCUT2D eigenvalue weighted by atomic mass is 32.2. The molecule has 0 radical (unpaired) electrons. The van der Waals surface area contributed by atoms with E-state index in [4.69, 9.17) is 0 Å². The van der Waals surface area contributed by atoms with Crippen molar-refractivity contribution in [2.24, 2.45) is 23.7 Å². The molecule has 2 heterocycles. The smallest absolute Gasteiger partial charge is 0.0234 e. The molecule has 2 saturated carbocycles. The van der Waals surface area contributed by atoms with Crippen LogP contribution in [0.2, 0.25) is 0 Å². The number of hydrogen-bond acceptors (Lipinski definition) is 3. The summed E-state index contributed by atoms with van der Waals surface area (Å²) in [5, 5.41) is 3.55. The Bertz CT molecular complexity index is 284. The van der Waals surface area contributed by atoms with Crippen LogP contribution in [0.15, 0.2) is 0 Å². The van der Waals surface area contributed by atoms with Crippen LogP contribution in [-0.2, 0) is 0 Å². The van der Waals surface area contributed by atoms with Gasteiger partial charge in [-0.15, -0.1) is 0 Å². The summed E-state index contributed by atoms with van der Waals surface area (Å²) in [6.07, 6.45) is 7.49. The van der Waals surface area contributed by atoms with Crippen LogP contribution < -0.4 is 5.32 Å². The summed E-state index contributed by atoms with van der Waals surface area (Å²) in [5.74, 6) is 5.57. The fourth-order valence-corrected chi connectivity index (χ4v) is 5.74. The number of rotatable bonds is 3. The molecule has 96 valence electrons. The Hall–Kier alpha value is 0.270. The molecule has 4 aliphatic rings. The van der Waals surface area contributed by atoms with Crippen LogP contribution in [0.3, 0.4) is 0 Å². The van der Waals surface area contributed by atoms with Gasteiger partial charge in [-0.25, -0.2) is 4.31 Å². The van der Waals surface area contributed by atoms with Crippen LogP contribution in [0.1, 0.15) is 32.1 Å². The summed E-state index contributed by atoms with van der Waals surface area (Å²) in [6, 6.07) is 0.983. The normalized spacial score (nSPS) is 49.1. The van der Waals surface area contributed by atoms with Crippen molar-refractivity contribution in [1.82, 2.24) is 9.62 Å². The molecule has 4 fully saturated rings. The van der Waals surface area contributed by atoms with Gasteiger partial charge in [-0.3, -0.25) is 0 Å². The van der Waals surface area contributed by atoms with E-state index < -0.39 is 0 Å². The molecular weight excluding hydrogens is 228 g/mol. The van der Waals surface area contributed by atoms with Gasteiger partial charge in [-0.05, 0) is 68.9 Å². The minimum Gasteiger partial charge on any atom is -0.316 e. The largest absolute Gasteiger partial charge is 0.316 e. The maximum atomic E-state index is 3.55. The first-order valence-electron chi connectivity index (χ1n) is 7.50. The second-order valence-electron chi connectivity index (χ2n) is 6.66. The molecule has 0 aromatic rings. The molecule has 3 heteroatoms. The van der Waals surface area contributed by atoms with Crippen LogP contribution in [0, 0.1) is 23.7 Å². The molecular formula is C14H24N2S. The van der Waals surface area contributed by atoms with E-state index in [0.29, 0.717) is 0 Å². The predicted molar refractivity (Wildman–Crippen MR) is 72.9 cm³/mol. The second-order valence-corrected chi connectivity index (χ2v) is 7.72. The maximum absolute atomic E-state index is 3.55. The van der Waals surface area contributed by atoms with Crippen LogP contribution in [0.25, 0.3) is 0 Å². The summed E-state index contributed by atoms with van der Waals surface area (Å²) in [5.41, 5.74) is 0. The molecule has 0 aromatic carbocycles. The molecule has 17 heavy (non-hydrogen) atoms. The fraction of sp³-hybridized carbons (Fsp3) is 1.00. The molecule has 2 nitrogen and oxygen atoms in total. The Morgan fingerprint density at radius 3 is 2.71 bits per heavy atom. The minimum atomic E-state index is 0.983. The standard InChI is InChI=1S/C14H24N2S/c1-2-11-6-14(11)16(3-1)17-9-10-4-12-7-15-8-13(12)5-10/h10-15H,1-9H2. The minimum absolute atomic E-state index is 0.983. The zero-order chi connectivity index (χ0) is 11.2. The lowest BCUT2D eigenvalue weighted by Gasteiger charge is -2.26. The van der Waals surface area contributed by atoms with Crippen LogP contribution in [-0.4, -0.2) is 35.7 Å². The third-order valence-electron chi connectivity index (χ3n) is 5.44. The second kappa shape index (κ2) is 4.43. The first kappa shape index (κ1) is 11.1. The molecule has 0 bridgehead atoms. The highest BCUT2D eigenvalue weighted by Gasteiger charge is 2.45. The van der Waals surface area contributed by atoms with Crippen molar-refractivity contribution in [3.05, 3.63) is 0 Å². The van der Waals surface area contributed by atoms with Crippen molar-refractivity contribution in [1.29, 1.82) is 0 Å². The Balaban J connectivity index is 1.25. The topological polar surface area (TPSA) is 15.3 Å². The van der Waals surface area contributed by atoms with Gasteiger partial charge in [0.2, 0.25) is 0 Å². The quantitative estimate of drug-likeness (QED) is 0.776. The first-order valence-corrected chi connectivity index (χ1v) is 8.44. The lowest BCUT2D eigenvalue weighted by Crippen LogP contribution is -2.26. The summed E-state index contributed by atoms with van der Waals surface area (Å²) >= 11 is 2.20. The number of nitrogens with zero attached hydrogens (tertiary/aromatic N) is 1. The lowest BCUT2D eigenvalue weighted by molar-refractivity contribution is 0.365. The SMILES string of the molecule is C1CC2CC2N(SCC2CC3CNCC3C2)C1. The van der Waals surface area contributed by atoms with Gasteiger partial charge in [0.1, 0.15) is 0 Å². The molecule has 2 aliphatic heterocycles. The zero-order valence-electron chi connectivity index (χ0n) is 10.6. The van der Waals surface area contributed by atoms with Gasteiger partial charge in [-0.2, -0.15) is 0 Å². The Morgan fingerprint density at radius 2 is 1.88 bits per heavy atom. The number of hydrogen-bond donors (Lipinski definition) is 1. The van der Waals surface area contributed by atoms with Crippen LogP contribution in [0.5, 0.6) is 0 Å². The zero-order valence-corrected chi connectivity index (χ0v) is 11.4. The number of piperidine rings is 1. The predicted octanol–water partition coefficient (Wildman–Crippen LogP) is 2.36. The molecule has 0 amide bonds. The van der Waals surface area contributed by atoms with E-state index in [-0.39, 0.29) is 0 Å². The van der Waals surface area contributed by atoms with Crippen LogP contribution in [0.4, 0.5) is 0 Å². The molecule has 4 rings (SSSR count). The van der Waals surface area contributed by atoms with Crippen molar-refractivity contribution >= 4 is 11.9 Å². The van der Waals surface area contributed by atoms with E-state index >= 15 is 0 Å². The van der Waals surface area contributed by atoms with E-state index in [1.54, 1.807) is 0 Å². The molecule has 2 saturated heterocycles. The first-order chi connectivity index (χ1) is 8.40. The highest BCUT2D eigenvalue weighted by Crippen LogP contribution is 2.47. The van der Waals surface area contributed by atoms with Gasteiger partial charge < -0.3 is 5.32 Å². The van der Waals surface area contributed by atoms with Crippen molar-refractivity contribution in [2.45, 2.75) is 38.1 Å². The third-order valence-corrected chi connectivity index (χ3v) is 6.84. The van der Waals surface area contributed by atoms with Gasteiger partial charge in [0.15, 0.2) is 0 Å². The fourth-order valence-electron chi connectivity index (χ4n) is 4.36. The monoisotopic (exact) mass is 252 g/mol. The Labute approximate surface area is 109 Å². The van der Waals surface area contributed by atoms with Crippen molar-refractivity contribution < 1.29 is 0 Å². The number of nitrogens with one attached hydrogen (secondary N) is 1. The summed E-state index contributed by atoms with van der Waals surface area (Å²) in [6.45, 7) is 3.98. The average Bonchev–Trinajstić information content (AvgIpc) is 2.84. The van der Waals surface area contributed by atoms with Gasteiger partial charge in [0.05, 0.1) is 0 Å². The number of fused-ring (bicyclic) bond motifs is 2. The molecule has 0 aromatic heterocycles. The van der Waals surface area contributed by atoms with Gasteiger partial charge >= 0.3 is 0 Å². The van der Waals surface area contributed by atoms with E-state index in [9.17, 15) is 0 Å². The summed E-state index contributed by atoms with van der Waals surface area (Å²) in [4.78, 5) is 0. The van der Waals surface area contributed by atoms with Gasteiger partial charge in [-0.1, -0.05) is 11.9 Å². The molecule has 1 N–H and O–H groups in total. The van der Waals surface area contributed by atoms with Crippen LogP contribution >= 0.6 is 11.9 Å². The molecule has 2 aliphatic carbocycles. The maximum Gasteiger partial charge on any atom is 0.0234 e.